The Morgan fingerprint density at radius 2 is 1.88 bits per heavy atom. The zero-order chi connectivity index (χ0) is 23.0. The molecule has 2 aromatic heterocycles. The summed E-state index contributed by atoms with van der Waals surface area (Å²) < 4.78 is 30.8. The Morgan fingerprint density at radius 3 is 2.53 bits per heavy atom. The molecule has 1 aromatic carbocycles. The van der Waals surface area contributed by atoms with E-state index in [0.29, 0.717) is 23.4 Å². The summed E-state index contributed by atoms with van der Waals surface area (Å²) >= 11 is 0. The van der Waals surface area contributed by atoms with Crippen molar-refractivity contribution in [2.75, 3.05) is 18.1 Å². The van der Waals surface area contributed by atoms with E-state index in [1.165, 1.54) is 0 Å². The zero-order valence-electron chi connectivity index (χ0n) is 18.2. The number of nitrogens with zero attached hydrogens (tertiary/aromatic N) is 2. The molecule has 32 heavy (non-hydrogen) atoms. The van der Waals surface area contributed by atoms with Crippen molar-refractivity contribution in [3.05, 3.63) is 64.6 Å². The highest BCUT2D eigenvalue weighted by molar-refractivity contribution is 7.91. The highest BCUT2D eigenvalue weighted by Crippen LogP contribution is 2.29. The molecule has 9 heteroatoms. The number of aryl methyl sites for hydroxylation is 2. The maximum Gasteiger partial charge on any atom is 0.356 e. The topological polar surface area (TPSA) is 111 Å². The number of aromatic nitrogens is 3. The van der Waals surface area contributed by atoms with E-state index in [0.717, 1.165) is 16.8 Å². The van der Waals surface area contributed by atoms with Crippen LogP contribution in [0.25, 0.3) is 11.3 Å². The summed E-state index contributed by atoms with van der Waals surface area (Å²) in [6.45, 7) is 5.21. The van der Waals surface area contributed by atoms with Crippen molar-refractivity contribution < 1.29 is 22.7 Å². The second-order valence-corrected chi connectivity index (χ2v) is 10.5. The first kappa shape index (κ1) is 22.0. The van der Waals surface area contributed by atoms with Crippen LogP contribution in [-0.2, 0) is 14.6 Å². The zero-order valence-corrected chi connectivity index (χ0v) is 19.0. The van der Waals surface area contributed by atoms with E-state index >= 15 is 0 Å². The number of aromatic amines is 1. The van der Waals surface area contributed by atoms with Gasteiger partial charge >= 0.3 is 5.97 Å². The Hall–Kier alpha value is -3.20. The number of carbonyl (C=O) groups excluding carboxylic acids is 2. The molecular formula is C23H25N3O5S. The van der Waals surface area contributed by atoms with Crippen LogP contribution in [0.2, 0.25) is 0 Å². The van der Waals surface area contributed by atoms with Crippen molar-refractivity contribution >= 4 is 21.6 Å². The summed E-state index contributed by atoms with van der Waals surface area (Å²) in [6, 6.07) is 10.9. The molecule has 8 nitrogen and oxygen atoms in total. The third-order valence-corrected chi connectivity index (χ3v) is 7.59. The third-order valence-electron chi connectivity index (χ3n) is 5.84. The second kappa shape index (κ2) is 8.38. The fourth-order valence-corrected chi connectivity index (χ4v) is 5.89. The Balaban J connectivity index is 1.43. The van der Waals surface area contributed by atoms with E-state index in [1.807, 2.05) is 42.7 Å². The Morgan fingerprint density at radius 1 is 1.16 bits per heavy atom. The van der Waals surface area contributed by atoms with E-state index in [1.54, 1.807) is 19.1 Å². The first-order valence-electron chi connectivity index (χ1n) is 10.4. The number of hydrogen-bond acceptors (Lipinski definition) is 6. The van der Waals surface area contributed by atoms with Crippen molar-refractivity contribution in [1.82, 2.24) is 14.8 Å². The number of H-pyrrole nitrogens is 1. The van der Waals surface area contributed by atoms with Crippen molar-refractivity contribution in [2.45, 2.75) is 33.2 Å². The molecule has 1 unspecified atom stereocenters. The summed E-state index contributed by atoms with van der Waals surface area (Å²) in [5.41, 5.74) is 4.70. The van der Waals surface area contributed by atoms with Crippen molar-refractivity contribution in [3.63, 3.8) is 0 Å². The van der Waals surface area contributed by atoms with Gasteiger partial charge in [0.1, 0.15) is 5.69 Å². The van der Waals surface area contributed by atoms with Gasteiger partial charge in [-0.3, -0.25) is 9.89 Å². The third kappa shape index (κ3) is 4.38. The van der Waals surface area contributed by atoms with Crippen LogP contribution in [0.5, 0.6) is 0 Å². The molecule has 1 aliphatic heterocycles. The smallest absolute Gasteiger partial charge is 0.356 e. The molecule has 1 aliphatic rings. The molecule has 1 fully saturated rings. The molecule has 0 bridgehead atoms. The highest BCUT2D eigenvalue weighted by Gasteiger charge is 2.31. The molecule has 0 radical (unpaired) electrons. The normalized spacial score (nSPS) is 17.4. The Labute approximate surface area is 186 Å². The van der Waals surface area contributed by atoms with Gasteiger partial charge in [-0.15, -0.1) is 0 Å². The van der Waals surface area contributed by atoms with Gasteiger partial charge in [-0.2, -0.15) is 5.10 Å². The maximum atomic E-state index is 12.7. The van der Waals surface area contributed by atoms with Crippen LogP contribution in [0.15, 0.2) is 36.4 Å². The van der Waals surface area contributed by atoms with Crippen LogP contribution >= 0.6 is 0 Å². The monoisotopic (exact) mass is 455 g/mol. The van der Waals surface area contributed by atoms with Gasteiger partial charge in [-0.1, -0.05) is 29.8 Å². The van der Waals surface area contributed by atoms with E-state index in [2.05, 4.69) is 10.2 Å². The predicted octanol–water partition coefficient (Wildman–Crippen LogP) is 3.20. The van der Waals surface area contributed by atoms with E-state index in [9.17, 15) is 18.0 Å². The van der Waals surface area contributed by atoms with Gasteiger partial charge in [0.25, 0.3) is 0 Å². The van der Waals surface area contributed by atoms with E-state index < -0.39 is 22.4 Å². The molecule has 3 aromatic rings. The van der Waals surface area contributed by atoms with Crippen LogP contribution < -0.4 is 0 Å². The van der Waals surface area contributed by atoms with Crippen LogP contribution in [0.4, 0.5) is 0 Å². The van der Waals surface area contributed by atoms with Gasteiger partial charge in [-0.25, -0.2) is 13.2 Å². The Bertz CT molecular complexity index is 1290. The van der Waals surface area contributed by atoms with Gasteiger partial charge < -0.3 is 9.30 Å². The fraction of sp³-hybridized carbons (Fsp3) is 0.348. The number of ketones is 1. The number of sulfone groups is 1. The number of carbonyl (C=O) groups is 2. The van der Waals surface area contributed by atoms with E-state index in [-0.39, 0.29) is 29.0 Å². The molecule has 4 rings (SSSR count). The first-order chi connectivity index (χ1) is 15.1. The molecule has 1 N–H and O–H groups in total. The van der Waals surface area contributed by atoms with Crippen LogP contribution in [0, 0.1) is 20.8 Å². The van der Waals surface area contributed by atoms with Crippen LogP contribution in [0.1, 0.15) is 50.3 Å². The summed E-state index contributed by atoms with van der Waals surface area (Å²) in [5, 5.41) is 6.80. The van der Waals surface area contributed by atoms with Crippen molar-refractivity contribution in [2.24, 2.45) is 0 Å². The van der Waals surface area contributed by atoms with Gasteiger partial charge in [0.05, 0.1) is 17.2 Å². The number of rotatable bonds is 6. The number of hydrogen-bond donors (Lipinski definition) is 1. The number of Topliss-reactive ketones (excluding diaryl/α,β-unsaturated/α-hetero) is 1. The van der Waals surface area contributed by atoms with Gasteiger partial charge in [-0.05, 0) is 39.3 Å². The highest BCUT2D eigenvalue weighted by atomic mass is 32.2. The summed E-state index contributed by atoms with van der Waals surface area (Å²) in [7, 11) is -3.05. The first-order valence-corrected chi connectivity index (χ1v) is 12.2. The van der Waals surface area contributed by atoms with E-state index in [4.69, 9.17) is 4.74 Å². The lowest BCUT2D eigenvalue weighted by molar-refractivity contribution is 0.0468. The average Bonchev–Trinajstić information content (AvgIpc) is 3.44. The molecular weight excluding hydrogens is 430 g/mol. The average molecular weight is 456 g/mol. The molecule has 1 saturated heterocycles. The lowest BCUT2D eigenvalue weighted by atomic mass is 10.1. The van der Waals surface area contributed by atoms with Gasteiger partial charge in [0, 0.05) is 28.6 Å². The largest absolute Gasteiger partial charge is 0.453 e. The summed E-state index contributed by atoms with van der Waals surface area (Å²) in [4.78, 5) is 25.1. The molecule has 0 saturated carbocycles. The van der Waals surface area contributed by atoms with Crippen molar-refractivity contribution in [1.29, 1.82) is 0 Å². The van der Waals surface area contributed by atoms with Crippen LogP contribution in [0.3, 0.4) is 0 Å². The number of benzene rings is 1. The minimum Gasteiger partial charge on any atom is -0.453 e. The lowest BCUT2D eigenvalue weighted by Gasteiger charge is -2.16. The van der Waals surface area contributed by atoms with Gasteiger partial charge in [0.15, 0.2) is 16.4 Å². The standard InChI is InChI=1S/C23H25N3O5S/c1-14-4-6-17(7-5-14)20-11-21(25-24-20)23(28)31-12-22(27)19-10-15(2)26(16(19)3)18-8-9-32(29,30)13-18/h4-7,10-11,18H,8-9,12-13H2,1-3H3,(H,24,25). The minimum atomic E-state index is -3.05. The maximum absolute atomic E-state index is 12.7. The quantitative estimate of drug-likeness (QED) is 0.451. The number of nitrogens with one attached hydrogen (secondary N) is 1. The molecule has 3 heterocycles. The predicted molar refractivity (Wildman–Crippen MR) is 120 cm³/mol. The minimum absolute atomic E-state index is 0.0785. The lowest BCUT2D eigenvalue weighted by Crippen LogP contribution is -2.17. The van der Waals surface area contributed by atoms with Gasteiger partial charge in [0.2, 0.25) is 5.78 Å². The molecule has 0 spiro atoms. The second-order valence-electron chi connectivity index (χ2n) is 8.24. The Kier molecular flexibility index (Phi) is 5.77. The molecule has 1 atom stereocenters. The number of ether oxygens (including phenoxy) is 1. The summed E-state index contributed by atoms with van der Waals surface area (Å²) in [5.74, 6) is -0.767. The molecule has 0 aliphatic carbocycles. The molecule has 0 amide bonds. The number of esters is 1. The SMILES string of the molecule is Cc1ccc(-c2cc(C(=O)OCC(=O)c3cc(C)n(C4CCS(=O)(=O)C4)c3C)[nH]n2)cc1. The fourth-order valence-electron chi connectivity index (χ4n) is 4.19. The molecule has 168 valence electrons. The van der Waals surface area contributed by atoms with Crippen molar-refractivity contribution in [3.8, 4) is 11.3 Å². The van der Waals surface area contributed by atoms with Crippen LogP contribution in [-0.4, -0.2) is 53.0 Å². The summed E-state index contributed by atoms with van der Waals surface area (Å²) in [6.07, 6.45) is 0.532.